The number of rotatable bonds is 12. The number of hydrogen-bond donors (Lipinski definition) is 2. The highest BCUT2D eigenvalue weighted by Crippen LogP contribution is 2.36. The van der Waals surface area contributed by atoms with Crippen molar-refractivity contribution in [2.45, 2.75) is 51.1 Å². The largest absolute Gasteiger partial charge is 0.494 e. The molecule has 2 aliphatic rings. The summed E-state index contributed by atoms with van der Waals surface area (Å²) in [5.74, 6) is 7.62. The van der Waals surface area contributed by atoms with Gasteiger partial charge in [0, 0.05) is 49.8 Å². The first-order valence-corrected chi connectivity index (χ1v) is 14.0. The van der Waals surface area contributed by atoms with Gasteiger partial charge in [-0.1, -0.05) is 17.9 Å². The molecule has 0 spiro atoms. The number of ether oxygens (including phenoxy) is 1. The second-order valence-electron chi connectivity index (χ2n) is 11.1. The molecule has 0 unspecified atom stereocenters. The SMILES string of the molecule is COc1ccc(Nc2ncc(C#CC3CC(CC(=O)[C@H](C)N(C)C(=O)/C=C/CN(C)C)C3)c(NC3CC3)n2)cc1F. The van der Waals surface area contributed by atoms with Crippen molar-refractivity contribution in [1.82, 2.24) is 19.8 Å². The van der Waals surface area contributed by atoms with E-state index in [4.69, 9.17) is 4.74 Å². The fourth-order valence-electron chi connectivity index (χ4n) is 4.48. The molecule has 0 bridgehead atoms. The van der Waals surface area contributed by atoms with E-state index in [1.54, 1.807) is 38.4 Å². The molecule has 1 amide bonds. The molecule has 1 atom stereocenters. The van der Waals surface area contributed by atoms with Gasteiger partial charge in [0.1, 0.15) is 5.82 Å². The maximum absolute atomic E-state index is 14.1. The summed E-state index contributed by atoms with van der Waals surface area (Å²) in [5, 5.41) is 6.45. The second-order valence-corrected chi connectivity index (χ2v) is 11.1. The van der Waals surface area contributed by atoms with Crippen LogP contribution < -0.4 is 15.4 Å². The number of benzene rings is 1. The number of carbonyl (C=O) groups excluding carboxylic acids is 2. The molecule has 218 valence electrons. The van der Waals surface area contributed by atoms with E-state index in [0.717, 1.165) is 25.7 Å². The van der Waals surface area contributed by atoms with Crippen LogP contribution in [0.25, 0.3) is 0 Å². The predicted molar refractivity (Wildman–Crippen MR) is 158 cm³/mol. The summed E-state index contributed by atoms with van der Waals surface area (Å²) in [6, 6.07) is 4.48. The minimum atomic E-state index is -0.473. The monoisotopic (exact) mass is 562 g/mol. The predicted octanol–water partition coefficient (Wildman–Crippen LogP) is 4.24. The van der Waals surface area contributed by atoms with E-state index in [1.165, 1.54) is 24.2 Å². The molecular formula is C31H39FN6O3. The van der Waals surface area contributed by atoms with E-state index in [9.17, 15) is 14.0 Å². The highest BCUT2D eigenvalue weighted by atomic mass is 19.1. The van der Waals surface area contributed by atoms with Crippen LogP contribution in [0.2, 0.25) is 0 Å². The van der Waals surface area contributed by atoms with Gasteiger partial charge in [-0.2, -0.15) is 4.98 Å². The van der Waals surface area contributed by atoms with Crippen molar-refractivity contribution < 1.29 is 18.7 Å². The Balaban J connectivity index is 1.31. The third kappa shape index (κ3) is 8.51. The average molecular weight is 563 g/mol. The molecule has 41 heavy (non-hydrogen) atoms. The molecule has 1 aromatic heterocycles. The highest BCUT2D eigenvalue weighted by molar-refractivity contribution is 5.93. The molecule has 4 rings (SSSR count). The van der Waals surface area contributed by atoms with Crippen molar-refractivity contribution in [3.63, 3.8) is 0 Å². The Kier molecular flexibility index (Phi) is 9.95. The summed E-state index contributed by atoms with van der Waals surface area (Å²) in [7, 11) is 6.96. The molecule has 2 fully saturated rings. The minimum absolute atomic E-state index is 0.0717. The maximum Gasteiger partial charge on any atom is 0.246 e. The van der Waals surface area contributed by atoms with Gasteiger partial charge in [-0.3, -0.25) is 9.59 Å². The minimum Gasteiger partial charge on any atom is -0.494 e. The highest BCUT2D eigenvalue weighted by Gasteiger charge is 2.32. The van der Waals surface area contributed by atoms with E-state index in [0.29, 0.717) is 42.0 Å². The van der Waals surface area contributed by atoms with Crippen LogP contribution in [0.1, 0.15) is 44.6 Å². The average Bonchev–Trinajstić information content (AvgIpc) is 3.73. The van der Waals surface area contributed by atoms with Crippen molar-refractivity contribution in [3.8, 4) is 17.6 Å². The number of ketones is 1. The number of anilines is 3. The normalized spacial score (nSPS) is 18.7. The van der Waals surface area contributed by atoms with Gasteiger partial charge in [0.2, 0.25) is 11.9 Å². The van der Waals surface area contributed by atoms with Crippen LogP contribution in [-0.2, 0) is 9.59 Å². The first-order chi connectivity index (χ1) is 19.6. The summed E-state index contributed by atoms with van der Waals surface area (Å²) in [5.41, 5.74) is 1.22. The lowest BCUT2D eigenvalue weighted by molar-refractivity contribution is -0.134. The van der Waals surface area contributed by atoms with Gasteiger partial charge in [0.25, 0.3) is 0 Å². The van der Waals surface area contributed by atoms with Crippen molar-refractivity contribution in [2.24, 2.45) is 11.8 Å². The van der Waals surface area contributed by atoms with E-state index in [1.807, 2.05) is 19.0 Å². The van der Waals surface area contributed by atoms with Gasteiger partial charge in [0.05, 0.1) is 24.9 Å². The fraction of sp³-hybridized carbons (Fsp3) is 0.484. The van der Waals surface area contributed by atoms with Gasteiger partial charge in [0.15, 0.2) is 17.3 Å². The first kappa shape index (κ1) is 30.0. The summed E-state index contributed by atoms with van der Waals surface area (Å²) >= 11 is 0. The zero-order valence-electron chi connectivity index (χ0n) is 24.4. The number of likely N-dealkylation sites (N-methyl/N-ethyl adjacent to an activating group) is 2. The third-order valence-electron chi connectivity index (χ3n) is 7.38. The molecule has 0 saturated heterocycles. The van der Waals surface area contributed by atoms with Gasteiger partial charge in [-0.05, 0) is 64.8 Å². The van der Waals surface area contributed by atoms with Crippen LogP contribution in [0.5, 0.6) is 5.75 Å². The number of carbonyl (C=O) groups is 2. The molecule has 0 aliphatic heterocycles. The maximum atomic E-state index is 14.1. The quantitative estimate of drug-likeness (QED) is 0.293. The molecule has 2 N–H and O–H groups in total. The summed E-state index contributed by atoms with van der Waals surface area (Å²) in [6.45, 7) is 2.46. The van der Waals surface area contributed by atoms with Crippen molar-refractivity contribution in [2.75, 3.05) is 45.4 Å². The van der Waals surface area contributed by atoms with Crippen LogP contribution >= 0.6 is 0 Å². The number of aromatic nitrogens is 2. The first-order valence-electron chi connectivity index (χ1n) is 14.0. The molecule has 9 nitrogen and oxygen atoms in total. The Labute approximate surface area is 241 Å². The number of amides is 1. The zero-order chi connectivity index (χ0) is 29.5. The Morgan fingerprint density at radius 2 is 2.00 bits per heavy atom. The lowest BCUT2D eigenvalue weighted by Crippen LogP contribution is -2.41. The smallest absolute Gasteiger partial charge is 0.246 e. The summed E-state index contributed by atoms with van der Waals surface area (Å²) in [6.07, 6.45) is 9.29. The number of Topliss-reactive ketones (excluding diaryl/α,β-unsaturated/α-hetero) is 1. The van der Waals surface area contributed by atoms with E-state index in [2.05, 4.69) is 32.4 Å². The van der Waals surface area contributed by atoms with Crippen LogP contribution in [-0.4, -0.2) is 78.3 Å². The Hall–Kier alpha value is -3.97. The molecule has 2 aliphatic carbocycles. The van der Waals surface area contributed by atoms with E-state index >= 15 is 0 Å². The molecule has 2 aromatic rings. The van der Waals surface area contributed by atoms with Gasteiger partial charge < -0.3 is 25.2 Å². The van der Waals surface area contributed by atoms with Crippen LogP contribution in [0, 0.1) is 29.5 Å². The Morgan fingerprint density at radius 3 is 2.66 bits per heavy atom. The number of hydrogen-bond acceptors (Lipinski definition) is 8. The summed E-state index contributed by atoms with van der Waals surface area (Å²) in [4.78, 5) is 37.6. The van der Waals surface area contributed by atoms with Crippen LogP contribution in [0.15, 0.2) is 36.5 Å². The van der Waals surface area contributed by atoms with Crippen molar-refractivity contribution in [3.05, 3.63) is 47.9 Å². The van der Waals surface area contributed by atoms with Crippen LogP contribution in [0.4, 0.5) is 21.8 Å². The molecule has 1 aromatic carbocycles. The van der Waals surface area contributed by atoms with E-state index in [-0.39, 0.29) is 29.3 Å². The Bertz CT molecular complexity index is 1340. The summed E-state index contributed by atoms with van der Waals surface area (Å²) < 4.78 is 19.1. The van der Waals surface area contributed by atoms with Gasteiger partial charge in [-0.15, -0.1) is 0 Å². The molecular weight excluding hydrogens is 523 g/mol. The number of nitrogens with zero attached hydrogens (tertiary/aromatic N) is 4. The molecule has 2 saturated carbocycles. The third-order valence-corrected chi connectivity index (χ3v) is 7.38. The van der Waals surface area contributed by atoms with Crippen LogP contribution in [0.3, 0.4) is 0 Å². The fourth-order valence-corrected chi connectivity index (χ4v) is 4.48. The molecule has 0 radical (unpaired) electrons. The van der Waals surface area contributed by atoms with Gasteiger partial charge in [-0.25, -0.2) is 9.37 Å². The van der Waals surface area contributed by atoms with Crippen molar-refractivity contribution >= 4 is 29.1 Å². The van der Waals surface area contributed by atoms with Gasteiger partial charge >= 0.3 is 0 Å². The lowest BCUT2D eigenvalue weighted by atomic mass is 9.72. The second kappa shape index (κ2) is 13.6. The zero-order valence-corrected chi connectivity index (χ0v) is 24.4. The standard InChI is InChI=1S/C31H39FN6O3/c1-20(38(4)29(40)7-6-14-37(2)3)27(39)17-22-15-21(16-22)8-9-23-19-33-31(36-30(23)34-24-10-11-24)35-25-12-13-28(41-5)26(32)18-25/h6-7,12-13,18-22,24H,10-11,14-17H2,1-5H3,(H2,33,34,35,36)/b7-6+/t20-,21?,22?/m0/s1. The Morgan fingerprint density at radius 1 is 1.24 bits per heavy atom. The topological polar surface area (TPSA) is 99.7 Å². The number of nitrogens with one attached hydrogen (secondary N) is 2. The van der Waals surface area contributed by atoms with E-state index < -0.39 is 11.9 Å². The number of methoxy groups -OCH3 is 1. The lowest BCUT2D eigenvalue weighted by Gasteiger charge is -2.33. The molecule has 1 heterocycles. The van der Waals surface area contributed by atoms with Crippen molar-refractivity contribution in [1.29, 1.82) is 0 Å². The number of halogens is 1. The molecule has 10 heteroatoms.